The first-order valence-corrected chi connectivity index (χ1v) is 7.08. The molecule has 1 heterocycles. The predicted molar refractivity (Wildman–Crippen MR) is 79.5 cm³/mol. The normalized spacial score (nSPS) is 10.4. The average Bonchev–Trinajstić information content (AvgIpc) is 2.73. The van der Waals surface area contributed by atoms with Crippen LogP contribution in [-0.2, 0) is 11.3 Å². The van der Waals surface area contributed by atoms with Crippen molar-refractivity contribution < 1.29 is 9.90 Å². The minimum atomic E-state index is -0.886. The minimum Gasteiger partial charge on any atom is -0.480 e. The molecule has 1 aromatic heterocycles. The van der Waals surface area contributed by atoms with Crippen LogP contribution in [0, 0.1) is 0 Å². The van der Waals surface area contributed by atoms with Crippen molar-refractivity contribution in [3.63, 3.8) is 0 Å². The van der Waals surface area contributed by atoms with Crippen LogP contribution in [0.1, 0.15) is 4.88 Å². The number of aliphatic carboxylic acids is 1. The fourth-order valence-electron chi connectivity index (χ4n) is 1.70. The maximum absolute atomic E-state index is 11.0. The molecule has 0 unspecified atom stereocenters. The molecule has 1 N–H and O–H groups in total. The zero-order chi connectivity index (χ0) is 13.8. The van der Waals surface area contributed by atoms with Crippen LogP contribution in [0.3, 0.4) is 0 Å². The van der Waals surface area contributed by atoms with Crippen LogP contribution in [0.5, 0.6) is 0 Å². The molecule has 3 nitrogen and oxygen atoms in total. The first kappa shape index (κ1) is 14.2. The Morgan fingerprint density at radius 2 is 2.05 bits per heavy atom. The van der Waals surface area contributed by atoms with E-state index >= 15 is 0 Å². The van der Waals surface area contributed by atoms with Crippen LogP contribution in [0.4, 0.5) is 5.69 Å². The molecule has 0 saturated carbocycles. The molecule has 2 rings (SSSR count). The molecule has 0 saturated heterocycles. The molecule has 0 radical (unpaired) electrons. The molecule has 6 heteroatoms. The summed E-state index contributed by atoms with van der Waals surface area (Å²) in [6.45, 7) is 0.403. The molecule has 100 valence electrons. The van der Waals surface area contributed by atoms with Gasteiger partial charge in [0.15, 0.2) is 0 Å². The third-order valence-electron chi connectivity index (χ3n) is 2.48. The number of nitrogens with zero attached hydrogens (tertiary/aromatic N) is 1. The van der Waals surface area contributed by atoms with Crippen molar-refractivity contribution in [3.8, 4) is 0 Å². The van der Waals surface area contributed by atoms with E-state index in [4.69, 9.17) is 28.3 Å². The number of hydrogen-bond acceptors (Lipinski definition) is 3. The quantitative estimate of drug-likeness (QED) is 0.901. The van der Waals surface area contributed by atoms with E-state index in [1.54, 1.807) is 29.2 Å². The molecule has 0 atom stereocenters. The molecular weight excluding hydrogens is 305 g/mol. The summed E-state index contributed by atoms with van der Waals surface area (Å²) in [5.74, 6) is -0.886. The lowest BCUT2D eigenvalue weighted by atomic mass is 10.2. The van der Waals surface area contributed by atoms with Gasteiger partial charge in [0, 0.05) is 15.6 Å². The van der Waals surface area contributed by atoms with E-state index in [-0.39, 0.29) is 6.54 Å². The first-order chi connectivity index (χ1) is 9.04. The summed E-state index contributed by atoms with van der Waals surface area (Å²) in [5, 5.41) is 9.58. The Labute approximate surface area is 125 Å². The number of rotatable bonds is 5. The molecule has 1 aromatic carbocycles. The maximum Gasteiger partial charge on any atom is 0.323 e. The Kier molecular flexibility index (Phi) is 4.69. The monoisotopic (exact) mass is 315 g/mol. The largest absolute Gasteiger partial charge is 0.480 e. The number of carboxylic acid groups (broad SMARTS) is 1. The number of carbonyl (C=O) groups is 1. The Hall–Kier alpha value is -1.23. The summed E-state index contributed by atoms with van der Waals surface area (Å²) in [6.07, 6.45) is 0. The average molecular weight is 316 g/mol. The summed E-state index contributed by atoms with van der Waals surface area (Å²) >= 11 is 13.3. The Morgan fingerprint density at radius 3 is 2.63 bits per heavy atom. The number of hydrogen-bond donors (Lipinski definition) is 1. The number of thiophene rings is 1. The Balaban J connectivity index is 2.22. The van der Waals surface area contributed by atoms with E-state index in [0.717, 1.165) is 10.6 Å². The fourth-order valence-corrected chi connectivity index (χ4v) is 2.99. The van der Waals surface area contributed by atoms with Crippen molar-refractivity contribution in [3.05, 3.63) is 50.6 Å². The lowest BCUT2D eigenvalue weighted by Crippen LogP contribution is -2.28. The zero-order valence-electron chi connectivity index (χ0n) is 9.85. The molecule has 19 heavy (non-hydrogen) atoms. The smallest absolute Gasteiger partial charge is 0.323 e. The van der Waals surface area contributed by atoms with Crippen LogP contribution in [0.25, 0.3) is 0 Å². The van der Waals surface area contributed by atoms with Gasteiger partial charge in [-0.2, -0.15) is 0 Å². The molecule has 2 aromatic rings. The van der Waals surface area contributed by atoms with Crippen molar-refractivity contribution in [2.24, 2.45) is 0 Å². The van der Waals surface area contributed by atoms with Crippen molar-refractivity contribution in [2.45, 2.75) is 6.54 Å². The molecule has 0 aliphatic carbocycles. The van der Waals surface area contributed by atoms with Gasteiger partial charge in [-0.3, -0.25) is 4.79 Å². The van der Waals surface area contributed by atoms with Crippen LogP contribution in [0.2, 0.25) is 9.36 Å². The van der Waals surface area contributed by atoms with E-state index in [9.17, 15) is 4.79 Å². The molecule has 0 aliphatic rings. The van der Waals surface area contributed by atoms with E-state index in [0.29, 0.717) is 15.9 Å². The number of anilines is 1. The number of benzene rings is 1. The van der Waals surface area contributed by atoms with Crippen molar-refractivity contribution in [1.82, 2.24) is 0 Å². The van der Waals surface area contributed by atoms with Crippen molar-refractivity contribution >= 4 is 46.2 Å². The van der Waals surface area contributed by atoms with E-state index < -0.39 is 5.97 Å². The van der Waals surface area contributed by atoms with Gasteiger partial charge in [-0.05, 0) is 30.3 Å². The lowest BCUT2D eigenvalue weighted by molar-refractivity contribution is -0.135. The third kappa shape index (κ3) is 4.13. The summed E-state index contributed by atoms with van der Waals surface area (Å²) in [4.78, 5) is 13.7. The van der Waals surface area contributed by atoms with Crippen LogP contribution in [0.15, 0.2) is 36.4 Å². The number of carboxylic acids is 1. The first-order valence-electron chi connectivity index (χ1n) is 5.51. The minimum absolute atomic E-state index is 0.0874. The Bertz CT molecular complexity index is 586. The highest BCUT2D eigenvalue weighted by atomic mass is 35.5. The zero-order valence-corrected chi connectivity index (χ0v) is 12.2. The van der Waals surface area contributed by atoms with Gasteiger partial charge in [-0.1, -0.05) is 29.3 Å². The van der Waals surface area contributed by atoms with Gasteiger partial charge in [-0.15, -0.1) is 11.3 Å². The van der Waals surface area contributed by atoms with E-state index in [1.807, 2.05) is 12.1 Å². The highest BCUT2D eigenvalue weighted by Crippen LogP contribution is 2.26. The predicted octanol–water partition coefficient (Wildman–Crippen LogP) is 4.15. The summed E-state index contributed by atoms with van der Waals surface area (Å²) in [5.41, 5.74) is 0.777. The molecule has 0 bridgehead atoms. The van der Waals surface area contributed by atoms with Crippen molar-refractivity contribution in [1.29, 1.82) is 0 Å². The fraction of sp³-hybridized carbons (Fsp3) is 0.154. The van der Waals surface area contributed by atoms with Crippen LogP contribution in [-0.4, -0.2) is 17.6 Å². The van der Waals surface area contributed by atoms with Gasteiger partial charge in [0.05, 0.1) is 10.9 Å². The lowest BCUT2D eigenvalue weighted by Gasteiger charge is -2.22. The highest BCUT2D eigenvalue weighted by molar-refractivity contribution is 7.16. The second-order valence-electron chi connectivity index (χ2n) is 3.94. The SMILES string of the molecule is O=C(O)CN(Cc1ccc(Cl)s1)c1cccc(Cl)c1. The molecule has 0 amide bonds. The summed E-state index contributed by atoms with van der Waals surface area (Å²) in [6, 6.07) is 10.8. The summed E-state index contributed by atoms with van der Waals surface area (Å²) < 4.78 is 0.691. The van der Waals surface area contributed by atoms with Crippen LogP contribution >= 0.6 is 34.5 Å². The van der Waals surface area contributed by atoms with Crippen molar-refractivity contribution in [2.75, 3.05) is 11.4 Å². The topological polar surface area (TPSA) is 40.5 Å². The van der Waals surface area contributed by atoms with Gasteiger partial charge < -0.3 is 10.0 Å². The van der Waals surface area contributed by atoms with Crippen LogP contribution < -0.4 is 4.90 Å². The second kappa shape index (κ2) is 6.28. The number of halogens is 2. The van der Waals surface area contributed by atoms with Gasteiger partial charge in [-0.25, -0.2) is 0 Å². The second-order valence-corrected chi connectivity index (χ2v) is 6.17. The molecule has 0 aliphatic heterocycles. The summed E-state index contributed by atoms with van der Waals surface area (Å²) in [7, 11) is 0. The Morgan fingerprint density at radius 1 is 1.26 bits per heavy atom. The van der Waals surface area contributed by atoms with Gasteiger partial charge in [0.2, 0.25) is 0 Å². The van der Waals surface area contributed by atoms with E-state index in [1.165, 1.54) is 11.3 Å². The standard InChI is InChI=1S/C13H11Cl2NO2S/c14-9-2-1-3-10(6-9)16(8-13(17)18)7-11-4-5-12(15)19-11/h1-6H,7-8H2,(H,17,18). The van der Waals surface area contributed by atoms with Gasteiger partial charge in [0.25, 0.3) is 0 Å². The highest BCUT2D eigenvalue weighted by Gasteiger charge is 2.13. The molecule has 0 fully saturated rings. The third-order valence-corrected chi connectivity index (χ3v) is 3.93. The van der Waals surface area contributed by atoms with Gasteiger partial charge in [0.1, 0.15) is 6.54 Å². The molecule has 0 spiro atoms. The van der Waals surface area contributed by atoms with E-state index in [2.05, 4.69) is 0 Å². The van der Waals surface area contributed by atoms with Gasteiger partial charge >= 0.3 is 5.97 Å². The molecular formula is C13H11Cl2NO2S. The maximum atomic E-state index is 11.0.